The molecule has 0 spiro atoms. The summed E-state index contributed by atoms with van der Waals surface area (Å²) in [4.78, 5) is 12.0. The van der Waals surface area contributed by atoms with E-state index in [0.29, 0.717) is 24.5 Å². The van der Waals surface area contributed by atoms with E-state index in [-0.39, 0.29) is 5.91 Å². The van der Waals surface area contributed by atoms with Crippen LogP contribution in [0.2, 0.25) is 5.02 Å². The monoisotopic (exact) mass is 327 g/mol. The zero-order chi connectivity index (χ0) is 16.2. The van der Waals surface area contributed by atoms with Gasteiger partial charge < -0.3 is 5.32 Å². The molecule has 0 atom stereocenters. The minimum absolute atomic E-state index is 0.0104. The number of hydrogen-bond donors (Lipinski definition) is 1. The van der Waals surface area contributed by atoms with Gasteiger partial charge in [-0.1, -0.05) is 35.9 Å². The normalized spacial score (nSPS) is 10.9. The Bertz CT molecular complexity index is 824. The van der Waals surface area contributed by atoms with E-state index in [1.807, 2.05) is 47.3 Å². The lowest BCUT2D eigenvalue weighted by atomic mass is 10.1. The first-order valence-electron chi connectivity index (χ1n) is 7.56. The molecule has 1 heterocycles. The van der Waals surface area contributed by atoms with Crippen molar-refractivity contribution in [3.63, 3.8) is 0 Å². The number of halogens is 1. The van der Waals surface area contributed by atoms with Crippen LogP contribution in [0.15, 0.2) is 48.7 Å². The molecule has 1 aromatic heterocycles. The van der Waals surface area contributed by atoms with Crippen LogP contribution in [-0.2, 0) is 17.9 Å². The van der Waals surface area contributed by atoms with Crippen molar-refractivity contribution < 1.29 is 4.79 Å². The lowest BCUT2D eigenvalue weighted by Crippen LogP contribution is -2.24. The summed E-state index contributed by atoms with van der Waals surface area (Å²) in [5.74, 6) is 0.0104. The number of rotatable bonds is 5. The highest BCUT2D eigenvalue weighted by Gasteiger charge is 2.07. The maximum Gasteiger partial charge on any atom is 0.222 e. The minimum atomic E-state index is 0.0104. The van der Waals surface area contributed by atoms with Gasteiger partial charge >= 0.3 is 0 Å². The maximum atomic E-state index is 12.0. The Labute approximate surface area is 140 Å². The van der Waals surface area contributed by atoms with Gasteiger partial charge in [0.25, 0.3) is 0 Å². The zero-order valence-electron chi connectivity index (χ0n) is 12.9. The number of fused-ring (bicyclic) bond motifs is 1. The Morgan fingerprint density at radius 2 is 2.00 bits per heavy atom. The van der Waals surface area contributed by atoms with Crippen molar-refractivity contribution in [2.45, 2.75) is 26.4 Å². The van der Waals surface area contributed by atoms with Gasteiger partial charge in [0, 0.05) is 23.4 Å². The Hall–Kier alpha value is -2.33. The molecule has 0 aliphatic carbocycles. The summed E-state index contributed by atoms with van der Waals surface area (Å²) in [6, 6.07) is 13.6. The van der Waals surface area contributed by atoms with Gasteiger partial charge in [0.2, 0.25) is 5.91 Å². The van der Waals surface area contributed by atoms with E-state index in [1.165, 1.54) is 5.56 Å². The SMILES string of the molecule is Cc1cccc2c1cnn2CCC(=O)NCc1ccc(Cl)cc1. The van der Waals surface area contributed by atoms with Crippen LogP contribution in [0.25, 0.3) is 10.9 Å². The molecule has 0 radical (unpaired) electrons. The van der Waals surface area contributed by atoms with E-state index in [9.17, 15) is 4.79 Å². The third-order valence-corrected chi connectivity index (χ3v) is 4.11. The molecule has 0 fully saturated rings. The van der Waals surface area contributed by atoms with E-state index in [4.69, 9.17) is 11.6 Å². The van der Waals surface area contributed by atoms with Gasteiger partial charge in [-0.25, -0.2) is 0 Å². The molecule has 4 nitrogen and oxygen atoms in total. The number of nitrogens with zero attached hydrogens (tertiary/aromatic N) is 2. The van der Waals surface area contributed by atoms with Gasteiger partial charge in [0.05, 0.1) is 18.3 Å². The molecule has 1 N–H and O–H groups in total. The first-order chi connectivity index (χ1) is 11.1. The molecule has 0 unspecified atom stereocenters. The average Bonchev–Trinajstić information content (AvgIpc) is 2.97. The largest absolute Gasteiger partial charge is 0.352 e. The number of amides is 1. The maximum absolute atomic E-state index is 12.0. The van der Waals surface area contributed by atoms with Crippen molar-refractivity contribution in [1.82, 2.24) is 15.1 Å². The lowest BCUT2D eigenvalue weighted by Gasteiger charge is -2.07. The van der Waals surface area contributed by atoms with Crippen LogP contribution in [0.3, 0.4) is 0 Å². The van der Waals surface area contributed by atoms with Crippen LogP contribution in [0.5, 0.6) is 0 Å². The highest BCUT2D eigenvalue weighted by Crippen LogP contribution is 2.17. The smallest absolute Gasteiger partial charge is 0.222 e. The molecule has 0 aliphatic rings. The fourth-order valence-corrected chi connectivity index (χ4v) is 2.65. The number of nitrogens with one attached hydrogen (secondary N) is 1. The second kappa shape index (κ2) is 6.84. The summed E-state index contributed by atoms with van der Waals surface area (Å²) in [6.45, 7) is 3.14. The molecule has 0 aliphatic heterocycles. The number of hydrogen-bond acceptors (Lipinski definition) is 2. The first-order valence-corrected chi connectivity index (χ1v) is 7.93. The Morgan fingerprint density at radius 3 is 2.78 bits per heavy atom. The third kappa shape index (κ3) is 3.71. The molecule has 3 aromatic rings. The second-order valence-corrected chi connectivity index (χ2v) is 5.97. The number of benzene rings is 2. The molecule has 0 saturated carbocycles. The van der Waals surface area contributed by atoms with E-state index in [2.05, 4.69) is 23.4 Å². The average molecular weight is 328 g/mol. The van der Waals surface area contributed by atoms with E-state index >= 15 is 0 Å². The van der Waals surface area contributed by atoms with Crippen molar-refractivity contribution in [2.75, 3.05) is 0 Å². The second-order valence-electron chi connectivity index (χ2n) is 5.53. The molecule has 5 heteroatoms. The topological polar surface area (TPSA) is 46.9 Å². The van der Waals surface area contributed by atoms with Crippen molar-refractivity contribution in [3.8, 4) is 0 Å². The van der Waals surface area contributed by atoms with Gasteiger partial charge in [-0.3, -0.25) is 9.48 Å². The summed E-state index contributed by atoms with van der Waals surface area (Å²) in [5.41, 5.74) is 3.29. The van der Waals surface area contributed by atoms with Crippen LogP contribution in [0, 0.1) is 6.92 Å². The highest BCUT2D eigenvalue weighted by atomic mass is 35.5. The summed E-state index contributed by atoms with van der Waals surface area (Å²) < 4.78 is 1.88. The zero-order valence-corrected chi connectivity index (χ0v) is 13.7. The summed E-state index contributed by atoms with van der Waals surface area (Å²) in [7, 11) is 0. The van der Waals surface area contributed by atoms with Gasteiger partial charge in [-0.15, -0.1) is 0 Å². The molecule has 0 bridgehead atoms. The molecule has 0 saturated heterocycles. The van der Waals surface area contributed by atoms with Crippen molar-refractivity contribution >= 4 is 28.4 Å². The van der Waals surface area contributed by atoms with Crippen LogP contribution in [0.4, 0.5) is 0 Å². The molecule has 1 amide bonds. The minimum Gasteiger partial charge on any atom is -0.352 e. The number of carbonyl (C=O) groups is 1. The molecule has 2 aromatic carbocycles. The van der Waals surface area contributed by atoms with Crippen LogP contribution < -0.4 is 5.32 Å². The number of carbonyl (C=O) groups excluding carboxylic acids is 1. The van der Waals surface area contributed by atoms with Crippen LogP contribution in [-0.4, -0.2) is 15.7 Å². The molecule has 3 rings (SSSR count). The predicted octanol–water partition coefficient (Wildman–Crippen LogP) is 3.70. The fraction of sp³-hybridized carbons (Fsp3) is 0.222. The number of aryl methyl sites for hydroxylation is 2. The predicted molar refractivity (Wildman–Crippen MR) is 92.4 cm³/mol. The van der Waals surface area contributed by atoms with E-state index in [1.54, 1.807) is 0 Å². The van der Waals surface area contributed by atoms with Crippen molar-refractivity contribution in [2.24, 2.45) is 0 Å². The Balaban J connectivity index is 1.56. The molecule has 118 valence electrons. The van der Waals surface area contributed by atoms with Gasteiger partial charge in [0.1, 0.15) is 0 Å². The quantitative estimate of drug-likeness (QED) is 0.776. The van der Waals surface area contributed by atoms with E-state index in [0.717, 1.165) is 16.5 Å². The summed E-state index contributed by atoms with van der Waals surface area (Å²) in [5, 5.41) is 9.12. The van der Waals surface area contributed by atoms with Gasteiger partial charge in [0.15, 0.2) is 0 Å². The van der Waals surface area contributed by atoms with Crippen molar-refractivity contribution in [3.05, 3.63) is 64.8 Å². The lowest BCUT2D eigenvalue weighted by molar-refractivity contribution is -0.121. The Kier molecular flexibility index (Phi) is 4.63. The van der Waals surface area contributed by atoms with Crippen LogP contribution >= 0.6 is 11.6 Å². The highest BCUT2D eigenvalue weighted by molar-refractivity contribution is 6.30. The van der Waals surface area contributed by atoms with Crippen LogP contribution in [0.1, 0.15) is 17.5 Å². The number of aromatic nitrogens is 2. The standard InChI is InChI=1S/C18H18ClN3O/c1-13-3-2-4-17-16(13)12-21-22(17)10-9-18(23)20-11-14-5-7-15(19)8-6-14/h2-8,12H,9-11H2,1H3,(H,20,23). The first kappa shape index (κ1) is 15.6. The molecular formula is C18H18ClN3O. The van der Waals surface area contributed by atoms with Gasteiger partial charge in [-0.05, 0) is 36.2 Å². The van der Waals surface area contributed by atoms with Crippen molar-refractivity contribution in [1.29, 1.82) is 0 Å². The fourth-order valence-electron chi connectivity index (χ4n) is 2.52. The van der Waals surface area contributed by atoms with E-state index < -0.39 is 0 Å². The summed E-state index contributed by atoms with van der Waals surface area (Å²) in [6.07, 6.45) is 2.26. The van der Waals surface area contributed by atoms with Gasteiger partial charge in [-0.2, -0.15) is 5.10 Å². The molecular weight excluding hydrogens is 310 g/mol. The summed E-state index contributed by atoms with van der Waals surface area (Å²) >= 11 is 5.84. The molecule has 23 heavy (non-hydrogen) atoms. The third-order valence-electron chi connectivity index (χ3n) is 3.86. The Morgan fingerprint density at radius 1 is 1.22 bits per heavy atom.